The number of rotatable bonds is 14. The van der Waals surface area contributed by atoms with Gasteiger partial charge in [0.05, 0.1) is 14.1 Å². The largest absolute Gasteiger partial charge is 0.459 e. The highest BCUT2D eigenvalue weighted by molar-refractivity contribution is 5.22. The van der Waals surface area contributed by atoms with Crippen LogP contribution in [0.25, 0.3) is 0 Å². The van der Waals surface area contributed by atoms with Gasteiger partial charge in [-0.1, -0.05) is 88.6 Å². The summed E-state index contributed by atoms with van der Waals surface area (Å²) in [6.45, 7) is 10.4. The van der Waals surface area contributed by atoms with Crippen molar-refractivity contribution in [2.75, 3.05) is 27.3 Å². The minimum atomic E-state index is -0.886. The van der Waals surface area contributed by atoms with Gasteiger partial charge < -0.3 is 9.47 Å². The van der Waals surface area contributed by atoms with E-state index in [4.69, 9.17) is 14.3 Å². The van der Waals surface area contributed by atoms with Crippen molar-refractivity contribution >= 4 is 0 Å². The predicted octanol–water partition coefficient (Wildman–Crippen LogP) is 6.61. The lowest BCUT2D eigenvalue weighted by Crippen LogP contribution is -2.58. The zero-order chi connectivity index (χ0) is 22.8. The molecule has 0 aliphatic carbocycles. The third-order valence-corrected chi connectivity index (χ3v) is 5.85. The Morgan fingerprint density at radius 2 is 1.45 bits per heavy atom. The Morgan fingerprint density at radius 3 is 2.03 bits per heavy atom. The molecule has 4 nitrogen and oxygen atoms in total. The van der Waals surface area contributed by atoms with E-state index in [0.29, 0.717) is 17.9 Å². The third kappa shape index (κ3) is 7.64. The quantitative estimate of drug-likeness (QED) is 0.147. The Bertz CT molecular complexity index is 746. The molecule has 0 aromatic heterocycles. The lowest BCUT2D eigenvalue weighted by molar-refractivity contribution is -1.09. The van der Waals surface area contributed by atoms with Crippen LogP contribution in [0.5, 0.6) is 5.75 Å². The fourth-order valence-electron chi connectivity index (χ4n) is 3.88. The molecule has 0 radical (unpaired) electrons. The summed E-state index contributed by atoms with van der Waals surface area (Å²) < 4.78 is 13.4. The van der Waals surface area contributed by atoms with E-state index in [0.717, 1.165) is 25.1 Å². The Kier molecular flexibility index (Phi) is 9.54. The summed E-state index contributed by atoms with van der Waals surface area (Å²) >= 11 is 0. The van der Waals surface area contributed by atoms with Crippen molar-refractivity contribution in [1.82, 2.24) is 0 Å². The van der Waals surface area contributed by atoms with Gasteiger partial charge in [0, 0.05) is 17.6 Å². The molecule has 0 aliphatic rings. The molecular formula is C27H42NO3+. The lowest BCUT2D eigenvalue weighted by atomic mass is 9.78. The van der Waals surface area contributed by atoms with Crippen LogP contribution in [0, 0.1) is 5.41 Å². The van der Waals surface area contributed by atoms with Crippen LogP contribution >= 0.6 is 0 Å². The first-order chi connectivity index (χ1) is 14.7. The molecular weight excluding hydrogens is 386 g/mol. The van der Waals surface area contributed by atoms with E-state index >= 15 is 0 Å². The van der Waals surface area contributed by atoms with Crippen LogP contribution in [0.1, 0.15) is 58.9 Å². The van der Waals surface area contributed by atoms with Crippen molar-refractivity contribution < 1.29 is 19.0 Å². The lowest BCUT2D eigenvalue weighted by Gasteiger charge is -2.46. The maximum Gasteiger partial charge on any atom is 0.245 e. The number of unbranched alkanes of at least 4 members (excludes halogenated alkanes) is 2. The van der Waals surface area contributed by atoms with Crippen molar-refractivity contribution in [2.45, 2.75) is 65.7 Å². The number of benzene rings is 2. The minimum absolute atomic E-state index is 0.235. The number of para-hydroxylation sites is 1. The monoisotopic (exact) mass is 428 g/mol. The van der Waals surface area contributed by atoms with Crippen molar-refractivity contribution in [1.29, 1.82) is 0 Å². The molecule has 4 heteroatoms. The van der Waals surface area contributed by atoms with Crippen LogP contribution < -0.4 is 4.74 Å². The maximum atomic E-state index is 6.63. The molecule has 1 unspecified atom stereocenters. The van der Waals surface area contributed by atoms with Gasteiger partial charge >= 0.3 is 0 Å². The van der Waals surface area contributed by atoms with Gasteiger partial charge in [-0.2, -0.15) is 9.48 Å². The molecule has 1 atom stereocenters. The molecule has 2 aromatic carbocycles. The first-order valence-corrected chi connectivity index (χ1v) is 11.6. The van der Waals surface area contributed by atoms with Gasteiger partial charge in [-0.3, -0.25) is 0 Å². The standard InChI is InChI=1S/C27H42NO3/c1-7-9-16-21-26(3,4)27(29-8-2,31-25-19-14-11-15-20-25)23-30-28(5,6)22-24-17-12-10-13-18-24/h10-15,17-20H,7-9,16,21-23H2,1-6H3/q+1. The predicted molar refractivity (Wildman–Crippen MR) is 128 cm³/mol. The second-order valence-electron chi connectivity index (χ2n) is 9.43. The summed E-state index contributed by atoms with van der Waals surface area (Å²) in [7, 11) is 4.16. The average molecular weight is 429 g/mol. The van der Waals surface area contributed by atoms with Crippen molar-refractivity contribution in [3.8, 4) is 5.75 Å². The maximum absolute atomic E-state index is 6.63. The summed E-state index contributed by atoms with van der Waals surface area (Å²) in [5.74, 6) is -0.0836. The van der Waals surface area contributed by atoms with E-state index in [2.05, 4.69) is 59.1 Å². The summed E-state index contributed by atoms with van der Waals surface area (Å²) in [6, 6.07) is 20.4. The van der Waals surface area contributed by atoms with Crippen LogP contribution in [0.3, 0.4) is 0 Å². The van der Waals surface area contributed by atoms with E-state index in [1.54, 1.807) is 0 Å². The molecule has 2 aromatic rings. The summed E-state index contributed by atoms with van der Waals surface area (Å²) in [6.07, 6.45) is 4.53. The number of hydroxylamine groups is 3. The molecule has 2 rings (SSSR count). The average Bonchev–Trinajstić information content (AvgIpc) is 2.73. The van der Waals surface area contributed by atoms with E-state index in [-0.39, 0.29) is 5.41 Å². The third-order valence-electron chi connectivity index (χ3n) is 5.85. The van der Waals surface area contributed by atoms with Crippen molar-refractivity contribution in [3.63, 3.8) is 0 Å². The second-order valence-corrected chi connectivity index (χ2v) is 9.43. The van der Waals surface area contributed by atoms with Crippen molar-refractivity contribution in [2.24, 2.45) is 5.41 Å². The minimum Gasteiger partial charge on any atom is -0.459 e. The fraction of sp³-hybridized carbons (Fsp3) is 0.556. The van der Waals surface area contributed by atoms with Gasteiger partial charge in [0.15, 0.2) is 6.61 Å². The molecule has 0 saturated heterocycles. The molecule has 0 amide bonds. The van der Waals surface area contributed by atoms with Crippen LogP contribution in [0.2, 0.25) is 0 Å². The molecule has 172 valence electrons. The zero-order valence-corrected chi connectivity index (χ0v) is 20.4. The molecule has 31 heavy (non-hydrogen) atoms. The van der Waals surface area contributed by atoms with Crippen LogP contribution in [0.4, 0.5) is 0 Å². The Labute approximate surface area is 189 Å². The van der Waals surface area contributed by atoms with Gasteiger partial charge in [-0.25, -0.2) is 0 Å². The summed E-state index contributed by atoms with van der Waals surface area (Å²) in [5.41, 5.74) is 1.00. The second kappa shape index (κ2) is 11.7. The Morgan fingerprint density at radius 1 is 0.839 bits per heavy atom. The van der Waals surface area contributed by atoms with Gasteiger partial charge in [0.1, 0.15) is 12.3 Å². The topological polar surface area (TPSA) is 27.7 Å². The Balaban J connectivity index is 2.27. The van der Waals surface area contributed by atoms with Crippen LogP contribution in [0.15, 0.2) is 60.7 Å². The fourth-order valence-corrected chi connectivity index (χ4v) is 3.88. The molecule has 0 spiro atoms. The normalized spacial score (nSPS) is 14.3. The number of ether oxygens (including phenoxy) is 2. The number of hydrogen-bond acceptors (Lipinski definition) is 3. The summed E-state index contributed by atoms with van der Waals surface area (Å²) in [5, 5.41) is 0. The molecule has 0 saturated carbocycles. The highest BCUT2D eigenvalue weighted by atomic mass is 16.8. The van der Waals surface area contributed by atoms with E-state index in [9.17, 15) is 0 Å². The molecule has 0 heterocycles. The van der Waals surface area contributed by atoms with E-state index in [1.807, 2.05) is 43.3 Å². The van der Waals surface area contributed by atoms with Gasteiger partial charge in [0.2, 0.25) is 5.79 Å². The van der Waals surface area contributed by atoms with Gasteiger partial charge in [-0.05, 0) is 25.5 Å². The highest BCUT2D eigenvalue weighted by Gasteiger charge is 2.50. The number of hydrogen-bond donors (Lipinski definition) is 0. The smallest absolute Gasteiger partial charge is 0.245 e. The first kappa shape index (κ1) is 25.4. The first-order valence-electron chi connectivity index (χ1n) is 11.6. The summed E-state index contributed by atoms with van der Waals surface area (Å²) in [4.78, 5) is 6.50. The molecule has 0 bridgehead atoms. The zero-order valence-electron chi connectivity index (χ0n) is 20.4. The van der Waals surface area contributed by atoms with Gasteiger partial charge in [0.25, 0.3) is 0 Å². The Hall–Kier alpha value is -1.88. The molecule has 0 N–H and O–H groups in total. The van der Waals surface area contributed by atoms with Crippen LogP contribution in [-0.2, 0) is 16.1 Å². The molecule has 0 fully saturated rings. The van der Waals surface area contributed by atoms with Crippen LogP contribution in [-0.4, -0.2) is 37.7 Å². The van der Waals surface area contributed by atoms with Crippen molar-refractivity contribution in [3.05, 3.63) is 66.2 Å². The number of nitrogens with zero attached hydrogens (tertiary/aromatic N) is 1. The SMILES string of the molecule is CCCCCC(C)(C)C(CO[N+](C)(C)Cc1ccccc1)(OCC)Oc1ccccc1. The van der Waals surface area contributed by atoms with Gasteiger partial charge in [-0.15, -0.1) is 0 Å². The number of quaternary nitrogens is 1. The molecule has 0 aliphatic heterocycles. The van der Waals surface area contributed by atoms with E-state index in [1.165, 1.54) is 18.4 Å². The van der Waals surface area contributed by atoms with E-state index < -0.39 is 5.79 Å². The highest BCUT2D eigenvalue weighted by Crippen LogP contribution is 2.41.